The van der Waals surface area contributed by atoms with Crippen molar-refractivity contribution in [1.82, 2.24) is 0 Å². The monoisotopic (exact) mass is 283 g/mol. The third-order valence-corrected chi connectivity index (χ3v) is 3.97. The van der Waals surface area contributed by atoms with Crippen LogP contribution in [0.15, 0.2) is 60.7 Å². The van der Waals surface area contributed by atoms with Gasteiger partial charge in [0.05, 0.1) is 6.07 Å². The van der Waals surface area contributed by atoms with Gasteiger partial charge in [0, 0.05) is 6.42 Å². The van der Waals surface area contributed by atoms with Gasteiger partial charge in [-0.3, -0.25) is 0 Å². The molecule has 0 aliphatic rings. The van der Waals surface area contributed by atoms with Crippen LogP contribution in [0.3, 0.4) is 0 Å². The molecule has 0 bridgehead atoms. The summed E-state index contributed by atoms with van der Waals surface area (Å²) in [4.78, 5) is 0. The molecule has 0 unspecified atom stereocenters. The van der Waals surface area contributed by atoms with Crippen LogP contribution in [-0.4, -0.2) is 0 Å². The van der Waals surface area contributed by atoms with Crippen molar-refractivity contribution in [2.75, 3.05) is 0 Å². The lowest BCUT2D eigenvalue weighted by atomic mass is 10.2. The first kappa shape index (κ1) is 16.4. The van der Waals surface area contributed by atoms with E-state index in [1.807, 2.05) is 0 Å². The normalized spacial score (nSPS) is 9.20. The van der Waals surface area contributed by atoms with Crippen LogP contribution in [0, 0.1) is 11.3 Å². The summed E-state index contributed by atoms with van der Waals surface area (Å²) in [6, 6.07) is 23.3. The van der Waals surface area contributed by atoms with Crippen molar-refractivity contribution >= 4 is 19.2 Å². The quantitative estimate of drug-likeness (QED) is 0.589. The lowest BCUT2D eigenvalue weighted by molar-refractivity contribution is 0.734. The molecular weight excluding hydrogens is 261 g/mol. The number of nitrogens with zero attached hydrogens (tertiary/aromatic N) is 1. The fraction of sp³-hybridized carbons (Fsp3) is 0.278. The number of nitriles is 1. The second kappa shape index (κ2) is 11.2. The Bertz CT molecular complexity index is 450. The maximum atomic E-state index is 8.04. The van der Waals surface area contributed by atoms with Gasteiger partial charge >= 0.3 is 0 Å². The number of hydrogen-bond acceptors (Lipinski definition) is 1. The first-order chi connectivity index (χ1) is 9.86. The molecule has 2 heteroatoms. The van der Waals surface area contributed by atoms with E-state index in [-0.39, 0.29) is 0 Å². The van der Waals surface area contributed by atoms with Crippen LogP contribution in [0.25, 0.3) is 0 Å². The molecule has 0 saturated heterocycles. The highest BCUT2D eigenvalue weighted by atomic mass is 31.1. The standard InChI is InChI=1S/C12H11P.C6H11N/c1-3-7-11(8-4-1)13-12-9-5-2-6-10-12;1-2-3-4-5-6-7/h1-10,13H;2-5H2,1H3. The Morgan fingerprint density at radius 2 is 1.35 bits per heavy atom. The average molecular weight is 283 g/mol. The fourth-order valence-electron chi connectivity index (χ4n) is 1.66. The predicted molar refractivity (Wildman–Crippen MR) is 90.2 cm³/mol. The molecule has 2 rings (SSSR count). The Balaban J connectivity index is 0.000000246. The smallest absolute Gasteiger partial charge is 0.0621 e. The summed E-state index contributed by atoms with van der Waals surface area (Å²) in [6.07, 6.45) is 4.22. The van der Waals surface area contributed by atoms with Gasteiger partial charge < -0.3 is 0 Å². The van der Waals surface area contributed by atoms with Crippen LogP contribution in [0.4, 0.5) is 0 Å². The Morgan fingerprint density at radius 1 is 0.850 bits per heavy atom. The number of benzene rings is 2. The maximum Gasteiger partial charge on any atom is 0.0621 e. The van der Waals surface area contributed by atoms with Gasteiger partial charge in [0.2, 0.25) is 0 Å². The van der Waals surface area contributed by atoms with Crippen LogP contribution in [0.1, 0.15) is 32.6 Å². The third kappa shape index (κ3) is 7.72. The molecule has 2 aromatic carbocycles. The van der Waals surface area contributed by atoms with E-state index in [0.717, 1.165) is 21.4 Å². The van der Waals surface area contributed by atoms with Gasteiger partial charge in [0.25, 0.3) is 0 Å². The molecule has 104 valence electrons. The van der Waals surface area contributed by atoms with E-state index in [2.05, 4.69) is 73.7 Å². The van der Waals surface area contributed by atoms with Gasteiger partial charge in [-0.1, -0.05) is 89.0 Å². The summed E-state index contributed by atoms with van der Waals surface area (Å²) in [7, 11) is 0.777. The highest BCUT2D eigenvalue weighted by Crippen LogP contribution is 2.08. The zero-order valence-electron chi connectivity index (χ0n) is 12.0. The molecule has 0 saturated carbocycles. The van der Waals surface area contributed by atoms with Crippen LogP contribution in [-0.2, 0) is 0 Å². The summed E-state index contributed by atoms with van der Waals surface area (Å²) in [5, 5.41) is 10.8. The molecule has 20 heavy (non-hydrogen) atoms. The summed E-state index contributed by atoms with van der Waals surface area (Å²) in [5.74, 6) is 0. The molecule has 0 atom stereocenters. The molecule has 0 aliphatic carbocycles. The molecular formula is C18H22NP. The minimum atomic E-state index is 0.730. The van der Waals surface area contributed by atoms with E-state index < -0.39 is 0 Å². The first-order valence-corrected chi connectivity index (χ1v) is 8.11. The summed E-state index contributed by atoms with van der Waals surface area (Å²) < 4.78 is 0. The SMILES string of the molecule is CCCCCC#N.c1ccc(Pc2ccccc2)cc1. The van der Waals surface area contributed by atoms with Crippen molar-refractivity contribution in [1.29, 1.82) is 5.26 Å². The highest BCUT2D eigenvalue weighted by molar-refractivity contribution is 7.55. The lowest BCUT2D eigenvalue weighted by Gasteiger charge is -2.00. The molecule has 0 fully saturated rings. The second-order valence-corrected chi connectivity index (χ2v) is 5.88. The highest BCUT2D eigenvalue weighted by Gasteiger charge is 1.92. The van der Waals surface area contributed by atoms with E-state index in [1.54, 1.807) is 0 Å². The van der Waals surface area contributed by atoms with Crippen molar-refractivity contribution in [3.8, 4) is 6.07 Å². The number of unbranched alkanes of at least 4 members (excludes halogenated alkanes) is 3. The van der Waals surface area contributed by atoms with Crippen molar-refractivity contribution in [3.05, 3.63) is 60.7 Å². The van der Waals surface area contributed by atoms with Gasteiger partial charge in [-0.05, 0) is 17.0 Å². The predicted octanol–water partition coefficient (Wildman–Crippen LogP) is 4.41. The van der Waals surface area contributed by atoms with Crippen LogP contribution >= 0.6 is 8.58 Å². The van der Waals surface area contributed by atoms with E-state index in [9.17, 15) is 0 Å². The Kier molecular flexibility index (Phi) is 9.20. The van der Waals surface area contributed by atoms with E-state index in [0.29, 0.717) is 0 Å². The van der Waals surface area contributed by atoms with Crippen LogP contribution in [0.5, 0.6) is 0 Å². The topological polar surface area (TPSA) is 23.8 Å². The zero-order chi connectivity index (χ0) is 14.5. The number of rotatable bonds is 5. The molecule has 0 N–H and O–H groups in total. The molecule has 0 spiro atoms. The molecule has 2 aromatic rings. The molecule has 0 aromatic heterocycles. The van der Waals surface area contributed by atoms with Gasteiger partial charge in [-0.25, -0.2) is 0 Å². The van der Waals surface area contributed by atoms with Gasteiger partial charge in [-0.2, -0.15) is 5.26 Å². The van der Waals surface area contributed by atoms with Crippen LogP contribution < -0.4 is 10.6 Å². The van der Waals surface area contributed by atoms with Crippen molar-refractivity contribution in [3.63, 3.8) is 0 Å². The molecule has 0 heterocycles. The molecule has 1 nitrogen and oxygen atoms in total. The van der Waals surface area contributed by atoms with Gasteiger partial charge in [0.1, 0.15) is 0 Å². The maximum absolute atomic E-state index is 8.04. The third-order valence-electron chi connectivity index (χ3n) is 2.73. The van der Waals surface area contributed by atoms with Gasteiger partial charge in [0.15, 0.2) is 0 Å². The summed E-state index contributed by atoms with van der Waals surface area (Å²) in [5.41, 5.74) is 0. The van der Waals surface area contributed by atoms with E-state index in [4.69, 9.17) is 5.26 Å². The minimum Gasteiger partial charge on any atom is -0.198 e. The number of hydrogen-bond donors (Lipinski definition) is 0. The largest absolute Gasteiger partial charge is 0.198 e. The Labute approximate surface area is 124 Å². The summed E-state index contributed by atoms with van der Waals surface area (Å²) >= 11 is 0. The molecule has 0 aliphatic heterocycles. The Morgan fingerprint density at radius 3 is 1.75 bits per heavy atom. The van der Waals surface area contributed by atoms with Crippen molar-refractivity contribution in [2.24, 2.45) is 0 Å². The van der Waals surface area contributed by atoms with Crippen molar-refractivity contribution < 1.29 is 0 Å². The zero-order valence-corrected chi connectivity index (χ0v) is 13.0. The summed E-state index contributed by atoms with van der Waals surface area (Å²) in [6.45, 7) is 2.14. The molecule has 0 radical (unpaired) electrons. The van der Waals surface area contributed by atoms with Crippen molar-refractivity contribution in [2.45, 2.75) is 32.6 Å². The first-order valence-electron chi connectivity index (χ1n) is 7.11. The van der Waals surface area contributed by atoms with E-state index in [1.165, 1.54) is 23.5 Å². The minimum absolute atomic E-state index is 0.730. The lowest BCUT2D eigenvalue weighted by Crippen LogP contribution is -2.01. The Hall–Kier alpha value is -1.64. The average Bonchev–Trinajstić information content (AvgIpc) is 2.51. The molecule has 0 amide bonds. The van der Waals surface area contributed by atoms with Gasteiger partial charge in [-0.15, -0.1) is 0 Å². The second-order valence-electron chi connectivity index (χ2n) is 4.47. The van der Waals surface area contributed by atoms with E-state index >= 15 is 0 Å². The fourth-order valence-corrected chi connectivity index (χ4v) is 2.72. The van der Waals surface area contributed by atoms with Crippen LogP contribution in [0.2, 0.25) is 0 Å².